The van der Waals surface area contributed by atoms with E-state index in [-0.39, 0.29) is 5.91 Å². The van der Waals surface area contributed by atoms with Crippen LogP contribution in [0.1, 0.15) is 30.9 Å². The Hall–Kier alpha value is -1.39. The molecule has 0 aliphatic carbocycles. The molecule has 0 aromatic heterocycles. The Balaban J connectivity index is 2.10. The zero-order chi connectivity index (χ0) is 14.6. The van der Waals surface area contributed by atoms with Gasteiger partial charge in [-0.25, -0.2) is 0 Å². The monoisotopic (exact) mass is 276 g/mol. The van der Waals surface area contributed by atoms with Crippen LogP contribution >= 0.6 is 0 Å². The number of nitrogens with zero attached hydrogens (tertiary/aromatic N) is 1. The third kappa shape index (κ3) is 3.38. The number of benzene rings is 1. The fourth-order valence-corrected chi connectivity index (χ4v) is 2.50. The summed E-state index contributed by atoms with van der Waals surface area (Å²) in [7, 11) is 0. The molecule has 0 spiro atoms. The lowest BCUT2D eigenvalue weighted by Gasteiger charge is -2.30. The molecule has 1 aliphatic heterocycles. The topological polar surface area (TPSA) is 55.6 Å². The number of carbonyl (C=O) groups excluding carboxylic acids is 1. The van der Waals surface area contributed by atoms with Crippen molar-refractivity contribution in [3.63, 3.8) is 0 Å². The highest BCUT2D eigenvalue weighted by Gasteiger charge is 2.40. The lowest BCUT2D eigenvalue weighted by molar-refractivity contribution is -0.137. The van der Waals surface area contributed by atoms with Gasteiger partial charge in [0.2, 0.25) is 5.91 Å². The molecule has 1 aliphatic rings. The van der Waals surface area contributed by atoms with Gasteiger partial charge in [0.1, 0.15) is 5.54 Å². The molecule has 1 aromatic carbocycles. The van der Waals surface area contributed by atoms with Crippen molar-refractivity contribution in [2.75, 3.05) is 19.8 Å². The van der Waals surface area contributed by atoms with Gasteiger partial charge in [0.15, 0.2) is 0 Å². The summed E-state index contributed by atoms with van der Waals surface area (Å²) >= 11 is 0. The summed E-state index contributed by atoms with van der Waals surface area (Å²) in [5, 5.41) is 0. The van der Waals surface area contributed by atoms with Crippen LogP contribution in [0.4, 0.5) is 0 Å². The van der Waals surface area contributed by atoms with E-state index in [1.807, 2.05) is 4.90 Å². The number of amides is 1. The van der Waals surface area contributed by atoms with Crippen LogP contribution in [0.25, 0.3) is 0 Å². The summed E-state index contributed by atoms with van der Waals surface area (Å²) in [6.45, 7) is 6.39. The summed E-state index contributed by atoms with van der Waals surface area (Å²) < 4.78 is 5.30. The third-order valence-electron chi connectivity index (χ3n) is 3.75. The van der Waals surface area contributed by atoms with Crippen molar-refractivity contribution in [1.82, 2.24) is 4.90 Å². The SMILES string of the molecule is CCCN(Cc1ccc(C)cc1)C(=O)C1(N)CCOC1. The second kappa shape index (κ2) is 6.37. The number of rotatable bonds is 5. The van der Waals surface area contributed by atoms with Gasteiger partial charge < -0.3 is 15.4 Å². The quantitative estimate of drug-likeness (QED) is 0.893. The summed E-state index contributed by atoms with van der Waals surface area (Å²) in [6, 6.07) is 8.28. The van der Waals surface area contributed by atoms with Gasteiger partial charge in [-0.05, 0) is 25.3 Å². The lowest BCUT2D eigenvalue weighted by Crippen LogP contribution is -2.55. The molecule has 1 saturated heterocycles. The molecule has 1 fully saturated rings. The average molecular weight is 276 g/mol. The van der Waals surface area contributed by atoms with E-state index in [1.54, 1.807) is 0 Å². The summed E-state index contributed by atoms with van der Waals surface area (Å²) in [6.07, 6.45) is 1.54. The van der Waals surface area contributed by atoms with Crippen LogP contribution in [0.3, 0.4) is 0 Å². The number of hydrogen-bond acceptors (Lipinski definition) is 3. The van der Waals surface area contributed by atoms with E-state index in [9.17, 15) is 4.79 Å². The molecule has 0 radical (unpaired) electrons. The van der Waals surface area contributed by atoms with Gasteiger partial charge in [-0.15, -0.1) is 0 Å². The molecule has 2 rings (SSSR count). The van der Waals surface area contributed by atoms with Crippen LogP contribution in [0.5, 0.6) is 0 Å². The van der Waals surface area contributed by atoms with E-state index in [1.165, 1.54) is 5.56 Å². The molecule has 20 heavy (non-hydrogen) atoms. The molecular weight excluding hydrogens is 252 g/mol. The van der Waals surface area contributed by atoms with Gasteiger partial charge in [-0.3, -0.25) is 4.79 Å². The summed E-state index contributed by atoms with van der Waals surface area (Å²) in [5.41, 5.74) is 7.72. The van der Waals surface area contributed by atoms with Gasteiger partial charge >= 0.3 is 0 Å². The molecule has 4 heteroatoms. The number of nitrogens with two attached hydrogens (primary N) is 1. The maximum atomic E-state index is 12.6. The molecule has 1 amide bonds. The van der Waals surface area contributed by atoms with E-state index >= 15 is 0 Å². The molecule has 0 bridgehead atoms. The minimum absolute atomic E-state index is 0.0115. The van der Waals surface area contributed by atoms with Crippen LogP contribution in [0, 0.1) is 6.92 Å². The predicted octanol–water partition coefficient (Wildman–Crippen LogP) is 1.85. The van der Waals surface area contributed by atoms with E-state index < -0.39 is 5.54 Å². The number of hydrogen-bond donors (Lipinski definition) is 1. The van der Waals surface area contributed by atoms with E-state index in [4.69, 9.17) is 10.5 Å². The summed E-state index contributed by atoms with van der Waals surface area (Å²) in [5.74, 6) is 0.0115. The zero-order valence-electron chi connectivity index (χ0n) is 12.4. The van der Waals surface area contributed by atoms with Crippen molar-refractivity contribution in [1.29, 1.82) is 0 Å². The van der Waals surface area contributed by atoms with Crippen molar-refractivity contribution in [2.24, 2.45) is 5.73 Å². The van der Waals surface area contributed by atoms with Gasteiger partial charge in [-0.2, -0.15) is 0 Å². The first-order valence-corrected chi connectivity index (χ1v) is 7.27. The third-order valence-corrected chi connectivity index (χ3v) is 3.75. The van der Waals surface area contributed by atoms with Crippen molar-refractivity contribution < 1.29 is 9.53 Å². The molecule has 1 atom stereocenters. The smallest absolute Gasteiger partial charge is 0.245 e. The Morgan fingerprint density at radius 3 is 2.65 bits per heavy atom. The standard InChI is InChI=1S/C16H24N2O2/c1-3-9-18(11-14-6-4-13(2)5-7-14)15(19)16(17)8-10-20-12-16/h4-7H,3,8-12,17H2,1-2H3. The molecule has 4 nitrogen and oxygen atoms in total. The minimum atomic E-state index is -0.833. The molecule has 2 N–H and O–H groups in total. The van der Waals surface area contributed by atoms with Crippen LogP contribution in [-0.2, 0) is 16.1 Å². The Bertz CT molecular complexity index is 450. The van der Waals surface area contributed by atoms with Gasteiger partial charge in [-0.1, -0.05) is 36.8 Å². The second-order valence-electron chi connectivity index (χ2n) is 5.67. The van der Waals surface area contributed by atoms with Crippen LogP contribution in [0.2, 0.25) is 0 Å². The molecular formula is C16H24N2O2. The molecule has 0 saturated carbocycles. The van der Waals surface area contributed by atoms with Crippen molar-refractivity contribution in [2.45, 2.75) is 38.8 Å². The highest BCUT2D eigenvalue weighted by Crippen LogP contribution is 2.20. The Labute approximate surface area is 120 Å². The van der Waals surface area contributed by atoms with Crippen molar-refractivity contribution in [3.8, 4) is 0 Å². The molecule has 1 aromatic rings. The maximum absolute atomic E-state index is 12.6. The first-order chi connectivity index (χ1) is 9.55. The lowest BCUT2D eigenvalue weighted by atomic mass is 9.97. The zero-order valence-corrected chi connectivity index (χ0v) is 12.4. The van der Waals surface area contributed by atoms with Crippen molar-refractivity contribution in [3.05, 3.63) is 35.4 Å². The molecule has 1 unspecified atom stereocenters. The summed E-state index contributed by atoms with van der Waals surface area (Å²) in [4.78, 5) is 14.5. The Kier molecular flexibility index (Phi) is 4.78. The highest BCUT2D eigenvalue weighted by molar-refractivity contribution is 5.86. The Morgan fingerprint density at radius 2 is 2.10 bits per heavy atom. The number of aryl methyl sites for hydroxylation is 1. The largest absolute Gasteiger partial charge is 0.379 e. The van der Waals surface area contributed by atoms with Crippen molar-refractivity contribution >= 4 is 5.91 Å². The van der Waals surface area contributed by atoms with E-state index in [2.05, 4.69) is 38.1 Å². The van der Waals surface area contributed by atoms with Crippen LogP contribution in [-0.4, -0.2) is 36.1 Å². The first-order valence-electron chi connectivity index (χ1n) is 7.27. The second-order valence-corrected chi connectivity index (χ2v) is 5.67. The first kappa shape index (κ1) is 15.0. The van der Waals surface area contributed by atoms with Gasteiger partial charge in [0, 0.05) is 19.7 Å². The fraction of sp³-hybridized carbons (Fsp3) is 0.562. The number of carbonyl (C=O) groups is 1. The van der Waals surface area contributed by atoms with Gasteiger partial charge in [0.05, 0.1) is 6.61 Å². The molecule has 110 valence electrons. The highest BCUT2D eigenvalue weighted by atomic mass is 16.5. The fourth-order valence-electron chi connectivity index (χ4n) is 2.50. The van der Waals surface area contributed by atoms with E-state index in [0.717, 1.165) is 18.5 Å². The normalized spacial score (nSPS) is 21.9. The maximum Gasteiger partial charge on any atom is 0.245 e. The number of ether oxygens (including phenoxy) is 1. The van der Waals surface area contributed by atoms with Crippen LogP contribution < -0.4 is 5.73 Å². The minimum Gasteiger partial charge on any atom is -0.379 e. The average Bonchev–Trinajstić information content (AvgIpc) is 2.88. The Morgan fingerprint density at radius 1 is 1.40 bits per heavy atom. The van der Waals surface area contributed by atoms with Gasteiger partial charge in [0.25, 0.3) is 0 Å². The van der Waals surface area contributed by atoms with E-state index in [0.29, 0.717) is 26.2 Å². The predicted molar refractivity (Wildman–Crippen MR) is 79.2 cm³/mol. The van der Waals surface area contributed by atoms with Crippen LogP contribution in [0.15, 0.2) is 24.3 Å². The molecule has 1 heterocycles.